The van der Waals surface area contributed by atoms with Gasteiger partial charge in [0.2, 0.25) is 15.9 Å². The number of nitrogens with zero attached hydrogens (tertiary/aromatic N) is 1. The summed E-state index contributed by atoms with van der Waals surface area (Å²) in [6, 6.07) is 4.37. The van der Waals surface area contributed by atoms with E-state index >= 15 is 0 Å². The van der Waals surface area contributed by atoms with Gasteiger partial charge in [0.15, 0.2) is 0 Å². The van der Waals surface area contributed by atoms with E-state index in [-0.39, 0.29) is 30.3 Å². The lowest BCUT2D eigenvalue weighted by Gasteiger charge is -2.17. The highest BCUT2D eigenvalue weighted by Crippen LogP contribution is 2.29. The minimum absolute atomic E-state index is 0.0614. The number of hydrogen-bond donors (Lipinski definition) is 1. The van der Waals surface area contributed by atoms with Crippen molar-refractivity contribution >= 4 is 37.5 Å². The van der Waals surface area contributed by atoms with Gasteiger partial charge in [-0.15, -0.1) is 0 Å². The Bertz CT molecular complexity index is 620. The third kappa shape index (κ3) is 3.52. The molecule has 1 aromatic carbocycles. The number of sulfonamides is 1. The average molecular weight is 351 g/mol. The lowest BCUT2D eigenvalue weighted by molar-refractivity contribution is -0.117. The molecule has 0 bridgehead atoms. The van der Waals surface area contributed by atoms with Gasteiger partial charge in [-0.05, 0) is 18.2 Å². The average Bonchev–Trinajstić information content (AvgIpc) is 2.56. The number of primary sulfonamides is 1. The molecule has 2 rings (SSSR count). The Morgan fingerprint density at radius 2 is 2.16 bits per heavy atom. The highest BCUT2D eigenvalue weighted by Gasteiger charge is 2.33. The van der Waals surface area contributed by atoms with Crippen molar-refractivity contribution in [1.29, 1.82) is 0 Å². The minimum Gasteiger partial charge on any atom is -0.309 e. The quantitative estimate of drug-likeness (QED) is 0.890. The maximum Gasteiger partial charge on any atom is 0.227 e. The molecule has 19 heavy (non-hydrogen) atoms. The van der Waals surface area contributed by atoms with Crippen molar-refractivity contribution in [3.63, 3.8) is 0 Å². The highest BCUT2D eigenvalue weighted by molar-refractivity contribution is 9.10. The Hall–Kier alpha value is -0.990. The SMILES string of the molecule is NS(=O)(=O)CC1CC(=O)N(c2ccc(Br)cc2F)C1. The molecule has 104 valence electrons. The van der Waals surface area contributed by atoms with Crippen molar-refractivity contribution in [2.45, 2.75) is 6.42 Å². The van der Waals surface area contributed by atoms with Crippen LogP contribution < -0.4 is 10.0 Å². The molecular formula is C11H12BrFN2O3S. The van der Waals surface area contributed by atoms with E-state index in [2.05, 4.69) is 15.9 Å². The van der Waals surface area contributed by atoms with Gasteiger partial charge in [-0.3, -0.25) is 4.79 Å². The van der Waals surface area contributed by atoms with E-state index in [0.717, 1.165) is 0 Å². The van der Waals surface area contributed by atoms with Gasteiger partial charge in [-0.1, -0.05) is 15.9 Å². The van der Waals surface area contributed by atoms with Gasteiger partial charge >= 0.3 is 0 Å². The van der Waals surface area contributed by atoms with E-state index in [1.165, 1.54) is 17.0 Å². The summed E-state index contributed by atoms with van der Waals surface area (Å²) in [5.74, 6) is -1.49. The van der Waals surface area contributed by atoms with E-state index in [4.69, 9.17) is 5.14 Å². The summed E-state index contributed by atoms with van der Waals surface area (Å²) in [7, 11) is -3.63. The molecule has 1 amide bonds. The molecule has 1 unspecified atom stereocenters. The Morgan fingerprint density at radius 1 is 1.47 bits per heavy atom. The summed E-state index contributed by atoms with van der Waals surface area (Å²) in [5.41, 5.74) is 0.158. The fourth-order valence-corrected chi connectivity index (χ4v) is 3.37. The number of carbonyl (C=O) groups is 1. The maximum absolute atomic E-state index is 13.8. The maximum atomic E-state index is 13.8. The third-order valence-electron chi connectivity index (χ3n) is 2.87. The smallest absolute Gasteiger partial charge is 0.227 e. The van der Waals surface area contributed by atoms with Crippen LogP contribution in [0.5, 0.6) is 0 Å². The molecule has 1 aromatic rings. The fourth-order valence-electron chi connectivity index (χ4n) is 2.15. The second kappa shape index (κ2) is 5.18. The number of hydrogen-bond acceptors (Lipinski definition) is 3. The number of rotatable bonds is 3. The van der Waals surface area contributed by atoms with E-state index in [0.29, 0.717) is 4.47 Å². The number of carbonyl (C=O) groups excluding carboxylic acids is 1. The summed E-state index contributed by atoms with van der Waals surface area (Å²) >= 11 is 3.13. The normalized spacial score (nSPS) is 20.1. The molecule has 5 nitrogen and oxygen atoms in total. The first kappa shape index (κ1) is 14.4. The van der Waals surface area contributed by atoms with Gasteiger partial charge in [0, 0.05) is 23.4 Å². The number of benzene rings is 1. The summed E-state index contributed by atoms with van der Waals surface area (Å²) < 4.78 is 36.4. The number of halogens is 2. The zero-order valence-corrected chi connectivity index (χ0v) is 12.2. The Balaban J connectivity index is 2.20. The molecule has 1 aliphatic heterocycles. The van der Waals surface area contributed by atoms with Crippen molar-refractivity contribution in [1.82, 2.24) is 0 Å². The molecule has 2 N–H and O–H groups in total. The molecule has 8 heteroatoms. The monoisotopic (exact) mass is 350 g/mol. The molecule has 1 saturated heterocycles. The van der Waals surface area contributed by atoms with E-state index in [9.17, 15) is 17.6 Å². The topological polar surface area (TPSA) is 80.5 Å². The number of nitrogens with two attached hydrogens (primary N) is 1. The van der Waals surface area contributed by atoms with Crippen molar-refractivity contribution in [2.24, 2.45) is 11.1 Å². The van der Waals surface area contributed by atoms with Gasteiger partial charge in [0.25, 0.3) is 0 Å². The van der Waals surface area contributed by atoms with E-state index < -0.39 is 21.8 Å². The predicted molar refractivity (Wildman–Crippen MR) is 72.5 cm³/mol. The summed E-state index contributed by atoms with van der Waals surface area (Å²) in [6.45, 7) is 0.161. The largest absolute Gasteiger partial charge is 0.309 e. The van der Waals surface area contributed by atoms with Crippen LogP contribution in [0.15, 0.2) is 22.7 Å². The standard InChI is InChI=1S/C11H12BrFN2O3S/c12-8-1-2-10(9(13)4-8)15-5-7(3-11(15)16)6-19(14,17)18/h1-2,4,7H,3,5-6H2,(H2,14,17,18). The van der Waals surface area contributed by atoms with Crippen molar-refractivity contribution in [3.05, 3.63) is 28.5 Å². The first-order chi connectivity index (χ1) is 8.76. The molecule has 1 aliphatic rings. The second-order valence-electron chi connectivity index (χ2n) is 4.50. The van der Waals surface area contributed by atoms with Crippen LogP contribution in [0.1, 0.15) is 6.42 Å². The summed E-state index contributed by atoms with van der Waals surface area (Å²) in [6.07, 6.45) is 0.0614. The molecule has 0 aromatic heterocycles. The van der Waals surface area contributed by atoms with Crippen LogP contribution in [0.2, 0.25) is 0 Å². The zero-order valence-electron chi connectivity index (χ0n) is 9.84. The number of anilines is 1. The third-order valence-corrected chi connectivity index (χ3v) is 4.30. The van der Waals surface area contributed by atoms with Crippen molar-refractivity contribution in [2.75, 3.05) is 17.2 Å². The molecule has 1 atom stereocenters. The van der Waals surface area contributed by atoms with Crippen LogP contribution in [0.3, 0.4) is 0 Å². The minimum atomic E-state index is -3.63. The van der Waals surface area contributed by atoms with Crippen LogP contribution in [-0.2, 0) is 14.8 Å². The van der Waals surface area contributed by atoms with Gasteiger partial charge in [-0.25, -0.2) is 17.9 Å². The Kier molecular flexibility index (Phi) is 3.93. The van der Waals surface area contributed by atoms with Gasteiger partial charge < -0.3 is 4.90 Å². The van der Waals surface area contributed by atoms with Crippen LogP contribution in [0, 0.1) is 11.7 Å². The lowest BCUT2D eigenvalue weighted by atomic mass is 10.1. The van der Waals surface area contributed by atoms with E-state index in [1.807, 2.05) is 0 Å². The second-order valence-corrected chi connectivity index (χ2v) is 7.07. The van der Waals surface area contributed by atoms with Gasteiger partial charge in [-0.2, -0.15) is 0 Å². The molecule has 0 aliphatic carbocycles. The molecule has 1 fully saturated rings. The van der Waals surface area contributed by atoms with Crippen LogP contribution in [0.25, 0.3) is 0 Å². The van der Waals surface area contributed by atoms with Gasteiger partial charge in [0.05, 0.1) is 11.4 Å². The summed E-state index contributed by atoms with van der Waals surface area (Å²) in [5, 5.41) is 4.96. The first-order valence-electron chi connectivity index (χ1n) is 5.52. The predicted octanol–water partition coefficient (Wildman–Crippen LogP) is 1.23. The molecule has 0 spiro atoms. The highest BCUT2D eigenvalue weighted by atomic mass is 79.9. The molecular weight excluding hydrogens is 339 g/mol. The zero-order chi connectivity index (χ0) is 14.2. The van der Waals surface area contributed by atoms with Crippen molar-refractivity contribution < 1.29 is 17.6 Å². The molecule has 0 saturated carbocycles. The first-order valence-corrected chi connectivity index (χ1v) is 8.03. The lowest BCUT2D eigenvalue weighted by Crippen LogP contribution is -2.28. The van der Waals surface area contributed by atoms with Gasteiger partial charge in [0.1, 0.15) is 5.82 Å². The molecule has 0 radical (unpaired) electrons. The molecule has 1 heterocycles. The van der Waals surface area contributed by atoms with Crippen LogP contribution >= 0.6 is 15.9 Å². The number of amides is 1. The Morgan fingerprint density at radius 3 is 2.74 bits per heavy atom. The van der Waals surface area contributed by atoms with E-state index in [1.54, 1.807) is 6.07 Å². The Labute approximate surface area is 118 Å². The van der Waals surface area contributed by atoms with Crippen molar-refractivity contribution in [3.8, 4) is 0 Å². The summed E-state index contributed by atoms with van der Waals surface area (Å²) in [4.78, 5) is 13.1. The van der Waals surface area contributed by atoms with Crippen LogP contribution in [-0.4, -0.2) is 26.6 Å². The van der Waals surface area contributed by atoms with Crippen LogP contribution in [0.4, 0.5) is 10.1 Å². The fraction of sp³-hybridized carbons (Fsp3) is 0.364.